The van der Waals surface area contributed by atoms with E-state index >= 15 is 0 Å². The van der Waals surface area contributed by atoms with Gasteiger partial charge in [0.15, 0.2) is 5.76 Å². The highest BCUT2D eigenvalue weighted by Gasteiger charge is 2.23. The first-order valence-electron chi connectivity index (χ1n) is 8.25. The molecule has 1 N–H and O–H groups in total. The summed E-state index contributed by atoms with van der Waals surface area (Å²) in [5.41, 5.74) is 1.50. The summed E-state index contributed by atoms with van der Waals surface area (Å²) in [5, 5.41) is 0. The zero-order valence-corrected chi connectivity index (χ0v) is 15.6. The number of amides is 1. The van der Waals surface area contributed by atoms with Crippen molar-refractivity contribution in [2.24, 2.45) is 0 Å². The minimum atomic E-state index is -3.51. The van der Waals surface area contributed by atoms with Gasteiger partial charge in [0.1, 0.15) is 0 Å². The molecule has 1 aromatic carbocycles. The van der Waals surface area contributed by atoms with Gasteiger partial charge in [0, 0.05) is 51.6 Å². The molecule has 0 radical (unpaired) electrons. The molecular weight excluding hydrogens is 356 g/mol. The number of hydrogen-bond donors (Lipinski definition) is 1. The number of nitrogens with one attached hydrogen (secondary N) is 1. The molecule has 140 valence electrons. The van der Waals surface area contributed by atoms with Crippen molar-refractivity contribution in [1.29, 1.82) is 0 Å². The highest BCUT2D eigenvalue weighted by molar-refractivity contribution is 7.90. The van der Waals surface area contributed by atoms with E-state index in [0.29, 0.717) is 37.6 Å². The van der Waals surface area contributed by atoms with Gasteiger partial charge in [-0.1, -0.05) is 0 Å². The standard InChI is InChI=1S/C17H22N4O4S/c1-19(2)26(23,24)18-14-5-7-15(8-6-14)20-9-11-21(12-10-20)17(22)16-4-3-13-25-16/h3-8,13,18H,9-12H2,1-2H3. The van der Waals surface area contributed by atoms with Crippen LogP contribution in [0.25, 0.3) is 0 Å². The summed E-state index contributed by atoms with van der Waals surface area (Å²) in [5.74, 6) is 0.263. The van der Waals surface area contributed by atoms with Crippen molar-refractivity contribution in [3.05, 3.63) is 48.4 Å². The molecule has 1 aliphatic heterocycles. The SMILES string of the molecule is CN(C)S(=O)(=O)Nc1ccc(N2CCN(C(=O)c3ccco3)CC2)cc1. The van der Waals surface area contributed by atoms with Crippen molar-refractivity contribution in [1.82, 2.24) is 9.21 Å². The number of piperazine rings is 1. The average molecular weight is 378 g/mol. The van der Waals surface area contributed by atoms with E-state index in [4.69, 9.17) is 4.42 Å². The van der Waals surface area contributed by atoms with Gasteiger partial charge in [-0.3, -0.25) is 9.52 Å². The third kappa shape index (κ3) is 4.00. The predicted octanol–water partition coefficient (Wildman–Crippen LogP) is 1.46. The maximum Gasteiger partial charge on any atom is 0.301 e. The second-order valence-corrected chi connectivity index (χ2v) is 8.08. The van der Waals surface area contributed by atoms with Gasteiger partial charge < -0.3 is 14.2 Å². The fraction of sp³-hybridized carbons (Fsp3) is 0.353. The van der Waals surface area contributed by atoms with Gasteiger partial charge >= 0.3 is 10.2 Å². The Hall–Kier alpha value is -2.52. The van der Waals surface area contributed by atoms with Crippen LogP contribution in [0, 0.1) is 0 Å². The van der Waals surface area contributed by atoms with Crippen molar-refractivity contribution >= 4 is 27.5 Å². The largest absolute Gasteiger partial charge is 0.459 e. The van der Waals surface area contributed by atoms with Gasteiger partial charge in [0.2, 0.25) is 0 Å². The van der Waals surface area contributed by atoms with E-state index in [2.05, 4.69) is 9.62 Å². The third-order valence-electron chi connectivity index (χ3n) is 4.26. The molecule has 3 rings (SSSR count). The lowest BCUT2D eigenvalue weighted by Gasteiger charge is -2.35. The fourth-order valence-electron chi connectivity index (χ4n) is 2.70. The number of carbonyl (C=O) groups excluding carboxylic acids is 1. The van der Waals surface area contributed by atoms with Crippen LogP contribution in [-0.2, 0) is 10.2 Å². The lowest BCUT2D eigenvalue weighted by Crippen LogP contribution is -2.48. The molecule has 0 saturated carbocycles. The van der Waals surface area contributed by atoms with Gasteiger partial charge in [0.05, 0.1) is 6.26 Å². The Morgan fingerprint density at radius 3 is 2.27 bits per heavy atom. The quantitative estimate of drug-likeness (QED) is 0.851. The van der Waals surface area contributed by atoms with Gasteiger partial charge in [-0.25, -0.2) is 0 Å². The van der Waals surface area contributed by atoms with Crippen LogP contribution in [-0.4, -0.2) is 63.8 Å². The van der Waals surface area contributed by atoms with Crippen LogP contribution in [0.4, 0.5) is 11.4 Å². The van der Waals surface area contributed by atoms with E-state index in [-0.39, 0.29) is 5.91 Å². The minimum absolute atomic E-state index is 0.0944. The van der Waals surface area contributed by atoms with Crippen molar-refractivity contribution in [3.63, 3.8) is 0 Å². The normalized spacial score (nSPS) is 15.3. The second kappa shape index (κ2) is 7.38. The number of hydrogen-bond acceptors (Lipinski definition) is 5. The van der Waals surface area contributed by atoms with Crippen LogP contribution >= 0.6 is 0 Å². The van der Waals surface area contributed by atoms with E-state index in [1.54, 1.807) is 29.2 Å². The molecule has 1 amide bonds. The van der Waals surface area contributed by atoms with Crippen LogP contribution in [0.3, 0.4) is 0 Å². The predicted molar refractivity (Wildman–Crippen MR) is 99.5 cm³/mol. The summed E-state index contributed by atoms with van der Waals surface area (Å²) in [7, 11) is -0.566. The molecule has 0 atom stereocenters. The molecule has 9 heteroatoms. The Kier molecular flexibility index (Phi) is 5.19. The Morgan fingerprint density at radius 2 is 1.73 bits per heavy atom. The molecule has 2 aromatic rings. The number of carbonyl (C=O) groups is 1. The monoisotopic (exact) mass is 378 g/mol. The van der Waals surface area contributed by atoms with Crippen molar-refractivity contribution in [2.75, 3.05) is 49.9 Å². The fourth-order valence-corrected chi connectivity index (χ4v) is 3.32. The third-order valence-corrected chi connectivity index (χ3v) is 5.71. The van der Waals surface area contributed by atoms with E-state index in [9.17, 15) is 13.2 Å². The first-order chi connectivity index (χ1) is 12.4. The van der Waals surface area contributed by atoms with Gasteiger partial charge in [-0.2, -0.15) is 12.7 Å². The number of benzene rings is 1. The molecule has 26 heavy (non-hydrogen) atoms. The summed E-state index contributed by atoms with van der Waals surface area (Å²) >= 11 is 0. The molecule has 0 unspecified atom stereocenters. The summed E-state index contributed by atoms with van der Waals surface area (Å²) in [4.78, 5) is 16.2. The van der Waals surface area contributed by atoms with Crippen LogP contribution in [0.5, 0.6) is 0 Å². The van der Waals surface area contributed by atoms with Gasteiger partial charge in [-0.15, -0.1) is 0 Å². The Morgan fingerprint density at radius 1 is 1.08 bits per heavy atom. The highest BCUT2D eigenvalue weighted by atomic mass is 32.2. The first-order valence-corrected chi connectivity index (χ1v) is 9.69. The van der Waals surface area contributed by atoms with Crippen molar-refractivity contribution in [2.45, 2.75) is 0 Å². The molecule has 1 aromatic heterocycles. The van der Waals surface area contributed by atoms with E-state index in [1.165, 1.54) is 20.4 Å². The van der Waals surface area contributed by atoms with Crippen molar-refractivity contribution in [3.8, 4) is 0 Å². The summed E-state index contributed by atoms with van der Waals surface area (Å²) in [6, 6.07) is 10.6. The molecule has 1 saturated heterocycles. The molecule has 8 nitrogen and oxygen atoms in total. The average Bonchev–Trinajstić information content (AvgIpc) is 3.16. The Labute approximate surface area is 153 Å². The second-order valence-electron chi connectivity index (χ2n) is 6.19. The molecule has 0 bridgehead atoms. The number of nitrogens with zero attached hydrogens (tertiary/aromatic N) is 3. The van der Waals surface area contributed by atoms with E-state index < -0.39 is 10.2 Å². The maximum atomic E-state index is 12.3. The summed E-state index contributed by atoms with van der Waals surface area (Å²) in [6.45, 7) is 2.62. The zero-order valence-electron chi connectivity index (χ0n) is 14.8. The Balaban J connectivity index is 1.59. The smallest absolute Gasteiger partial charge is 0.301 e. The van der Waals surface area contributed by atoms with Gasteiger partial charge in [-0.05, 0) is 36.4 Å². The lowest BCUT2D eigenvalue weighted by molar-refractivity contribution is 0.0714. The highest BCUT2D eigenvalue weighted by Crippen LogP contribution is 2.21. The van der Waals surface area contributed by atoms with E-state index in [0.717, 1.165) is 9.99 Å². The van der Waals surface area contributed by atoms with Crippen LogP contribution in [0.15, 0.2) is 47.1 Å². The molecule has 1 aliphatic rings. The molecule has 2 heterocycles. The summed E-state index contributed by atoms with van der Waals surface area (Å²) in [6.07, 6.45) is 1.50. The minimum Gasteiger partial charge on any atom is -0.459 e. The number of furan rings is 1. The first kappa shape index (κ1) is 18.3. The maximum absolute atomic E-state index is 12.3. The molecule has 0 aliphatic carbocycles. The van der Waals surface area contributed by atoms with Crippen molar-refractivity contribution < 1.29 is 17.6 Å². The van der Waals surface area contributed by atoms with Crippen LogP contribution in [0.2, 0.25) is 0 Å². The molecular formula is C17H22N4O4S. The molecule has 1 fully saturated rings. The number of anilines is 2. The summed E-state index contributed by atoms with van der Waals surface area (Å²) < 4.78 is 32.5. The topological polar surface area (TPSA) is 86.1 Å². The van der Waals surface area contributed by atoms with Gasteiger partial charge in [0.25, 0.3) is 5.91 Å². The molecule has 0 spiro atoms. The zero-order chi connectivity index (χ0) is 18.7. The Bertz CT molecular complexity index is 839. The van der Waals surface area contributed by atoms with Crippen LogP contribution < -0.4 is 9.62 Å². The van der Waals surface area contributed by atoms with E-state index in [1.807, 2.05) is 12.1 Å². The van der Waals surface area contributed by atoms with Crippen LogP contribution in [0.1, 0.15) is 10.6 Å². The lowest BCUT2D eigenvalue weighted by atomic mass is 10.2. The number of rotatable bonds is 5.